The molecular weight excluding hydrogens is 498 g/mol. The Balaban J connectivity index is 1.92. The van der Waals surface area contributed by atoms with Crippen molar-refractivity contribution in [1.82, 2.24) is 0 Å². The first kappa shape index (κ1) is 25.7. The van der Waals surface area contributed by atoms with Crippen molar-refractivity contribution in [1.29, 1.82) is 0 Å². The van der Waals surface area contributed by atoms with Crippen LogP contribution in [0.4, 0.5) is 26.3 Å². The van der Waals surface area contributed by atoms with Crippen molar-refractivity contribution < 1.29 is 31.1 Å². The van der Waals surface area contributed by atoms with E-state index in [0.29, 0.717) is 6.07 Å². The third-order valence-electron chi connectivity index (χ3n) is 5.46. The van der Waals surface area contributed by atoms with Gasteiger partial charge in [0.05, 0.1) is 10.3 Å². The number of hydrogen-bond acceptors (Lipinski definition) is 2. The molecule has 0 amide bonds. The first-order valence-electron chi connectivity index (χ1n) is 10.9. The minimum atomic E-state index is -4.82. The van der Waals surface area contributed by atoms with Crippen molar-refractivity contribution in [2.24, 2.45) is 0 Å². The Morgan fingerprint density at radius 2 is 1.03 bits per heavy atom. The van der Waals surface area contributed by atoms with Gasteiger partial charge in [-0.05, 0) is 34.9 Å². The van der Waals surface area contributed by atoms with Gasteiger partial charge in [-0.1, -0.05) is 91.0 Å². The molecular formula is C28H20F6OS. The van der Waals surface area contributed by atoms with Crippen molar-refractivity contribution in [3.05, 3.63) is 131 Å². The third-order valence-corrected chi connectivity index (χ3v) is 7.05. The molecule has 0 heterocycles. The molecule has 4 aromatic rings. The van der Waals surface area contributed by atoms with E-state index in [1.807, 2.05) is 91.0 Å². The molecule has 0 aliphatic heterocycles. The predicted octanol–water partition coefficient (Wildman–Crippen LogP) is 8.73. The van der Waals surface area contributed by atoms with Crippen molar-refractivity contribution >= 4 is 11.8 Å². The highest BCUT2D eigenvalue weighted by atomic mass is 32.2. The monoisotopic (exact) mass is 518 g/mol. The van der Waals surface area contributed by atoms with Gasteiger partial charge in [0.1, 0.15) is 5.75 Å². The third kappa shape index (κ3) is 5.70. The molecule has 4 rings (SSSR count). The number of rotatable bonds is 7. The van der Waals surface area contributed by atoms with Gasteiger partial charge in [-0.3, -0.25) is 0 Å². The van der Waals surface area contributed by atoms with E-state index < -0.39 is 35.0 Å². The molecule has 0 atom stereocenters. The normalized spacial score (nSPS) is 12.4. The molecule has 0 unspecified atom stereocenters. The molecule has 8 heteroatoms. The minimum Gasteiger partial charge on any atom is -0.484 e. The van der Waals surface area contributed by atoms with Gasteiger partial charge in [0, 0.05) is 4.90 Å². The lowest BCUT2D eigenvalue weighted by Gasteiger charge is -2.36. The van der Waals surface area contributed by atoms with Crippen molar-refractivity contribution in [3.8, 4) is 5.75 Å². The molecule has 0 saturated heterocycles. The molecule has 0 N–H and O–H groups in total. The SMILES string of the molecule is FC(F)(F)COc1ccc(SC(c2ccccc2)(c2ccccc2)c2ccccc2)c(C(F)(F)F)c1. The summed E-state index contributed by atoms with van der Waals surface area (Å²) >= 11 is 0.984. The first-order chi connectivity index (χ1) is 17.1. The summed E-state index contributed by atoms with van der Waals surface area (Å²) in [5.41, 5.74) is 1.17. The van der Waals surface area contributed by atoms with E-state index in [-0.39, 0.29) is 4.90 Å². The smallest absolute Gasteiger partial charge is 0.422 e. The molecule has 4 aromatic carbocycles. The van der Waals surface area contributed by atoms with Gasteiger partial charge < -0.3 is 4.74 Å². The zero-order valence-corrected chi connectivity index (χ0v) is 19.5. The number of thioether (sulfide) groups is 1. The number of halogens is 6. The summed E-state index contributed by atoms with van der Waals surface area (Å²) in [6.45, 7) is -1.68. The van der Waals surface area contributed by atoms with Crippen molar-refractivity contribution in [2.75, 3.05) is 6.61 Å². The van der Waals surface area contributed by atoms with E-state index >= 15 is 0 Å². The summed E-state index contributed by atoms with van der Waals surface area (Å²) in [7, 11) is 0. The second-order valence-electron chi connectivity index (χ2n) is 7.94. The molecule has 0 bridgehead atoms. The van der Waals surface area contributed by atoms with Crippen LogP contribution in [0.3, 0.4) is 0 Å². The molecule has 0 aliphatic carbocycles. The Labute approximate surface area is 208 Å². The highest BCUT2D eigenvalue weighted by Gasteiger charge is 2.42. The van der Waals surface area contributed by atoms with E-state index in [0.717, 1.165) is 34.5 Å². The summed E-state index contributed by atoms with van der Waals surface area (Å²) in [5.74, 6) is -0.506. The fourth-order valence-corrected chi connectivity index (χ4v) is 5.45. The van der Waals surface area contributed by atoms with Crippen LogP contribution in [0.25, 0.3) is 0 Å². The lowest BCUT2D eigenvalue weighted by atomic mass is 9.84. The number of hydrogen-bond donors (Lipinski definition) is 0. The maximum absolute atomic E-state index is 14.2. The number of benzene rings is 4. The fourth-order valence-electron chi connectivity index (χ4n) is 3.93. The lowest BCUT2D eigenvalue weighted by Crippen LogP contribution is -2.26. The van der Waals surface area contributed by atoms with E-state index in [1.54, 1.807) is 0 Å². The summed E-state index contributed by atoms with van der Waals surface area (Å²) < 4.78 is 83.9. The van der Waals surface area contributed by atoms with Crippen LogP contribution in [0.2, 0.25) is 0 Å². The maximum atomic E-state index is 14.2. The molecule has 0 saturated carbocycles. The Hall–Kier alpha value is -3.39. The van der Waals surface area contributed by atoms with Crippen LogP contribution in [0, 0.1) is 0 Å². The second-order valence-corrected chi connectivity index (χ2v) is 9.20. The zero-order chi connectivity index (χ0) is 25.8. The molecule has 1 nitrogen and oxygen atoms in total. The molecule has 0 radical (unpaired) electrons. The van der Waals surface area contributed by atoms with E-state index in [1.165, 1.54) is 6.07 Å². The zero-order valence-electron chi connectivity index (χ0n) is 18.7. The highest BCUT2D eigenvalue weighted by molar-refractivity contribution is 8.00. The van der Waals surface area contributed by atoms with Crippen LogP contribution in [0.15, 0.2) is 114 Å². The van der Waals surface area contributed by atoms with E-state index in [9.17, 15) is 26.3 Å². The van der Waals surface area contributed by atoms with Crippen LogP contribution in [0.5, 0.6) is 5.75 Å². The second kappa shape index (κ2) is 10.3. The predicted molar refractivity (Wildman–Crippen MR) is 128 cm³/mol. The summed E-state index contributed by atoms with van der Waals surface area (Å²) in [5, 5.41) is 0. The topological polar surface area (TPSA) is 9.23 Å². The quantitative estimate of drug-likeness (QED) is 0.137. The van der Waals surface area contributed by atoms with Crippen LogP contribution in [0.1, 0.15) is 22.3 Å². The molecule has 0 aromatic heterocycles. The van der Waals surface area contributed by atoms with Gasteiger partial charge in [-0.2, -0.15) is 26.3 Å². The van der Waals surface area contributed by atoms with Gasteiger partial charge >= 0.3 is 12.4 Å². The van der Waals surface area contributed by atoms with Crippen molar-refractivity contribution in [2.45, 2.75) is 22.0 Å². The average molecular weight is 519 g/mol. The Morgan fingerprint density at radius 1 is 0.583 bits per heavy atom. The molecule has 0 fully saturated rings. The Morgan fingerprint density at radius 3 is 1.42 bits per heavy atom. The lowest BCUT2D eigenvalue weighted by molar-refractivity contribution is -0.153. The van der Waals surface area contributed by atoms with E-state index in [2.05, 4.69) is 4.74 Å². The van der Waals surface area contributed by atoms with Gasteiger partial charge in [-0.25, -0.2) is 0 Å². The van der Waals surface area contributed by atoms with Crippen molar-refractivity contribution in [3.63, 3.8) is 0 Å². The largest absolute Gasteiger partial charge is 0.484 e. The fraction of sp³-hybridized carbons (Fsp3) is 0.143. The van der Waals surface area contributed by atoms with Gasteiger partial charge in [0.25, 0.3) is 0 Å². The molecule has 0 aliphatic rings. The molecule has 186 valence electrons. The van der Waals surface area contributed by atoms with Crippen LogP contribution >= 0.6 is 11.8 Å². The standard InChI is InChI=1S/C28H20F6OS/c29-26(30,31)19-35-23-16-17-25(24(18-23)28(32,33)34)36-27(20-10-4-1-5-11-20,21-12-6-2-7-13-21)22-14-8-3-9-15-22/h1-18H,19H2. The Bertz CT molecular complexity index is 1180. The van der Waals surface area contributed by atoms with Crippen LogP contribution in [-0.2, 0) is 10.9 Å². The first-order valence-corrected chi connectivity index (χ1v) is 11.7. The molecule has 0 spiro atoms. The highest BCUT2D eigenvalue weighted by Crippen LogP contribution is 2.54. The van der Waals surface area contributed by atoms with Gasteiger partial charge in [-0.15, -0.1) is 11.8 Å². The van der Waals surface area contributed by atoms with Gasteiger partial charge in [0.15, 0.2) is 6.61 Å². The minimum absolute atomic E-state index is 0.140. The van der Waals surface area contributed by atoms with Gasteiger partial charge in [0.2, 0.25) is 0 Å². The van der Waals surface area contributed by atoms with E-state index in [4.69, 9.17) is 0 Å². The van der Waals surface area contributed by atoms with Crippen LogP contribution in [-0.4, -0.2) is 12.8 Å². The summed E-state index contributed by atoms with van der Waals surface area (Å²) in [6.07, 6.45) is -9.50. The van der Waals surface area contributed by atoms with Crippen LogP contribution < -0.4 is 4.74 Å². The molecule has 36 heavy (non-hydrogen) atoms. The Kier molecular flexibility index (Phi) is 7.36. The number of ether oxygens (including phenoxy) is 1. The maximum Gasteiger partial charge on any atom is 0.422 e. The summed E-state index contributed by atoms with van der Waals surface area (Å²) in [4.78, 5) is -0.140. The number of alkyl halides is 6. The summed E-state index contributed by atoms with van der Waals surface area (Å²) in [6, 6.07) is 30.4. The average Bonchev–Trinajstić information content (AvgIpc) is 2.87.